The molecule has 0 unspecified atom stereocenters. The molecule has 0 spiro atoms. The van der Waals surface area contributed by atoms with Crippen molar-refractivity contribution in [2.75, 3.05) is 0 Å². The van der Waals surface area contributed by atoms with E-state index in [1.165, 1.54) is 16.0 Å². The Balaban J connectivity index is 1.96. The molecule has 0 radical (unpaired) electrons. The number of carbonyl (C=O) groups is 1. The molecule has 2 heterocycles. The zero-order chi connectivity index (χ0) is 18.7. The number of nitrogens with zero attached hydrogens (tertiary/aromatic N) is 4. The number of rotatable bonds is 5. The largest absolute Gasteiger partial charge is 0.459 e. The van der Waals surface area contributed by atoms with Crippen LogP contribution in [0.15, 0.2) is 36.1 Å². The molecule has 0 aliphatic carbocycles. The zero-order valence-corrected chi connectivity index (χ0v) is 15.9. The summed E-state index contributed by atoms with van der Waals surface area (Å²) in [6.45, 7) is 7.70. The molecule has 26 heavy (non-hydrogen) atoms. The minimum Gasteiger partial charge on any atom is -0.459 e. The lowest BCUT2D eigenvalue weighted by Crippen LogP contribution is -2.13. The molecule has 0 bridgehead atoms. The van der Waals surface area contributed by atoms with Crippen molar-refractivity contribution in [1.82, 2.24) is 19.7 Å². The molecule has 3 rings (SSSR count). The molecule has 3 aromatic rings. The molecular weight excluding hydrogens is 348 g/mol. The van der Waals surface area contributed by atoms with Gasteiger partial charge >= 0.3 is 5.97 Å². The lowest BCUT2D eigenvalue weighted by Gasteiger charge is -2.09. The minimum absolute atomic E-state index is 0.215. The topological polar surface area (TPSA) is 69.9 Å². The van der Waals surface area contributed by atoms with Gasteiger partial charge in [-0.1, -0.05) is 17.2 Å². The molecule has 0 amide bonds. The molecule has 7 heteroatoms. The van der Waals surface area contributed by atoms with Crippen LogP contribution in [0, 0.1) is 13.8 Å². The summed E-state index contributed by atoms with van der Waals surface area (Å²) in [6.07, 6.45) is 4.61. The highest BCUT2D eigenvalue weighted by atomic mass is 32.1. The summed E-state index contributed by atoms with van der Waals surface area (Å²) in [5, 5.41) is 6.87. The number of carbonyl (C=O) groups excluding carboxylic acids is 1. The molecule has 6 nitrogen and oxygen atoms in total. The quantitative estimate of drug-likeness (QED) is 0.503. The van der Waals surface area contributed by atoms with E-state index in [1.807, 2.05) is 45.2 Å². The average molecular weight is 368 g/mol. The summed E-state index contributed by atoms with van der Waals surface area (Å²) in [4.78, 5) is 21.0. The van der Waals surface area contributed by atoms with Crippen LogP contribution < -0.4 is 0 Å². The lowest BCUT2D eigenvalue weighted by molar-refractivity contribution is -0.140. The van der Waals surface area contributed by atoms with Gasteiger partial charge in [-0.05, 0) is 39.8 Å². The fraction of sp³-hybridized carbons (Fsp3) is 0.263. The molecule has 0 N–H and O–H groups in total. The second kappa shape index (κ2) is 7.61. The number of thiazole rings is 1. The van der Waals surface area contributed by atoms with E-state index >= 15 is 0 Å². The number of aromatic nitrogens is 4. The maximum absolute atomic E-state index is 12.4. The van der Waals surface area contributed by atoms with E-state index in [0.717, 1.165) is 16.7 Å². The van der Waals surface area contributed by atoms with Gasteiger partial charge in [0.2, 0.25) is 0 Å². The second-order valence-electron chi connectivity index (χ2n) is 6.26. The van der Waals surface area contributed by atoms with Crippen LogP contribution in [0.4, 0.5) is 0 Å². The molecule has 1 aromatic carbocycles. The fourth-order valence-electron chi connectivity index (χ4n) is 2.53. The van der Waals surface area contributed by atoms with Crippen molar-refractivity contribution in [2.24, 2.45) is 0 Å². The highest BCUT2D eigenvalue weighted by molar-refractivity contribution is 7.11. The van der Waals surface area contributed by atoms with Crippen LogP contribution in [-0.4, -0.2) is 31.8 Å². The number of hydrogen-bond donors (Lipinski definition) is 0. The minimum atomic E-state index is -0.432. The molecule has 0 saturated heterocycles. The Labute approximate surface area is 156 Å². The maximum Gasteiger partial charge on any atom is 0.343 e. The molecule has 0 aliphatic rings. The van der Waals surface area contributed by atoms with Crippen molar-refractivity contribution in [3.8, 4) is 11.4 Å². The van der Waals surface area contributed by atoms with E-state index in [-0.39, 0.29) is 6.10 Å². The summed E-state index contributed by atoms with van der Waals surface area (Å²) < 4.78 is 6.85. The molecule has 0 atom stereocenters. The predicted molar refractivity (Wildman–Crippen MR) is 102 cm³/mol. The monoisotopic (exact) mass is 368 g/mol. The van der Waals surface area contributed by atoms with Crippen LogP contribution in [0.2, 0.25) is 0 Å². The highest BCUT2D eigenvalue weighted by Gasteiger charge is 2.18. The SMILES string of the molecule is Cc1cc(C)cc(-c2ncn(/C=C(/C(=O)OC(C)C)c3nccs3)n2)c1. The standard InChI is InChI=1S/C19H20N4O2S/c1-12(2)25-19(24)16(18-20-5-6-26-18)10-23-11-21-17(22-23)15-8-13(3)7-14(4)9-15/h5-12H,1-4H3/b16-10+. The van der Waals surface area contributed by atoms with E-state index in [0.29, 0.717) is 16.4 Å². The van der Waals surface area contributed by atoms with Crippen molar-refractivity contribution in [2.45, 2.75) is 33.8 Å². The van der Waals surface area contributed by atoms with Crippen LogP contribution in [0.3, 0.4) is 0 Å². The van der Waals surface area contributed by atoms with Crippen molar-refractivity contribution in [3.05, 3.63) is 52.2 Å². The van der Waals surface area contributed by atoms with Crippen molar-refractivity contribution < 1.29 is 9.53 Å². The molecule has 0 fully saturated rings. The number of hydrogen-bond acceptors (Lipinski definition) is 6. The summed E-state index contributed by atoms with van der Waals surface area (Å²) in [6, 6.07) is 6.17. The third-order valence-electron chi connectivity index (χ3n) is 3.48. The summed E-state index contributed by atoms with van der Waals surface area (Å²) in [7, 11) is 0. The van der Waals surface area contributed by atoms with E-state index < -0.39 is 5.97 Å². The van der Waals surface area contributed by atoms with Crippen molar-refractivity contribution in [3.63, 3.8) is 0 Å². The predicted octanol–water partition coefficient (Wildman–Crippen LogP) is 3.97. The van der Waals surface area contributed by atoms with Gasteiger partial charge in [-0.15, -0.1) is 16.4 Å². The number of esters is 1. The summed E-state index contributed by atoms with van der Waals surface area (Å²) in [5.41, 5.74) is 3.59. The zero-order valence-electron chi connectivity index (χ0n) is 15.1. The van der Waals surface area contributed by atoms with Gasteiger partial charge in [0.1, 0.15) is 16.9 Å². The van der Waals surface area contributed by atoms with Crippen LogP contribution >= 0.6 is 11.3 Å². The number of ether oxygens (including phenoxy) is 1. The Bertz CT molecular complexity index is 922. The van der Waals surface area contributed by atoms with E-state index in [9.17, 15) is 4.79 Å². The first-order chi connectivity index (χ1) is 12.4. The Morgan fingerprint density at radius 1 is 1.19 bits per heavy atom. The Morgan fingerprint density at radius 3 is 2.54 bits per heavy atom. The summed E-state index contributed by atoms with van der Waals surface area (Å²) in [5.74, 6) is 0.169. The summed E-state index contributed by atoms with van der Waals surface area (Å²) >= 11 is 1.37. The first-order valence-corrected chi connectivity index (χ1v) is 9.13. The maximum atomic E-state index is 12.4. The highest BCUT2D eigenvalue weighted by Crippen LogP contribution is 2.22. The lowest BCUT2D eigenvalue weighted by atomic mass is 10.1. The number of aryl methyl sites for hydroxylation is 2. The van der Waals surface area contributed by atoms with Gasteiger partial charge in [0, 0.05) is 23.3 Å². The van der Waals surface area contributed by atoms with Gasteiger partial charge < -0.3 is 4.74 Å². The van der Waals surface area contributed by atoms with E-state index in [4.69, 9.17) is 4.74 Å². The van der Waals surface area contributed by atoms with Crippen molar-refractivity contribution >= 4 is 29.1 Å². The van der Waals surface area contributed by atoms with Gasteiger partial charge in [0.15, 0.2) is 5.82 Å². The third kappa shape index (κ3) is 4.23. The molecule has 134 valence electrons. The number of benzene rings is 1. The van der Waals surface area contributed by atoms with E-state index in [2.05, 4.69) is 21.1 Å². The average Bonchev–Trinajstić information content (AvgIpc) is 3.22. The normalized spacial score (nSPS) is 11.8. The molecule has 0 aliphatic heterocycles. The molecule has 2 aromatic heterocycles. The molecular formula is C19H20N4O2S. The van der Waals surface area contributed by atoms with Crippen LogP contribution in [-0.2, 0) is 9.53 Å². The first kappa shape index (κ1) is 18.0. The third-order valence-corrected chi connectivity index (χ3v) is 4.28. The Morgan fingerprint density at radius 2 is 1.92 bits per heavy atom. The van der Waals surface area contributed by atoms with Crippen LogP contribution in [0.25, 0.3) is 23.2 Å². The van der Waals surface area contributed by atoms with Gasteiger partial charge in [0.05, 0.1) is 6.10 Å². The van der Waals surface area contributed by atoms with Crippen molar-refractivity contribution in [1.29, 1.82) is 0 Å². The van der Waals surface area contributed by atoms with Crippen LogP contribution in [0.5, 0.6) is 0 Å². The smallest absolute Gasteiger partial charge is 0.343 e. The Kier molecular flexibility index (Phi) is 5.27. The van der Waals surface area contributed by atoms with Gasteiger partial charge in [0.25, 0.3) is 0 Å². The second-order valence-corrected chi connectivity index (χ2v) is 7.15. The van der Waals surface area contributed by atoms with Gasteiger partial charge in [-0.2, -0.15) is 0 Å². The van der Waals surface area contributed by atoms with Crippen LogP contribution in [0.1, 0.15) is 30.0 Å². The van der Waals surface area contributed by atoms with Gasteiger partial charge in [-0.25, -0.2) is 19.4 Å². The first-order valence-electron chi connectivity index (χ1n) is 8.25. The van der Waals surface area contributed by atoms with Gasteiger partial charge in [-0.3, -0.25) is 0 Å². The van der Waals surface area contributed by atoms with E-state index in [1.54, 1.807) is 18.7 Å². The molecule has 0 saturated carbocycles. The fourth-order valence-corrected chi connectivity index (χ4v) is 3.17. The Hall–Kier alpha value is -2.80.